The summed E-state index contributed by atoms with van der Waals surface area (Å²) in [5.41, 5.74) is 3.20. The van der Waals surface area contributed by atoms with Crippen LogP contribution in [0.15, 0.2) is 42.5 Å². The Morgan fingerprint density at radius 1 is 1.19 bits per heavy atom. The minimum Gasteiger partial charge on any atom is -0.496 e. The molecule has 0 saturated heterocycles. The number of ether oxygens (including phenoxy) is 1. The minimum absolute atomic E-state index is 0.0680. The van der Waals surface area contributed by atoms with E-state index in [9.17, 15) is 4.39 Å². The summed E-state index contributed by atoms with van der Waals surface area (Å²) in [6.45, 7) is 0.862. The van der Waals surface area contributed by atoms with Gasteiger partial charge in [0.2, 0.25) is 0 Å². The Bertz CT molecular complexity index is 626. The van der Waals surface area contributed by atoms with Gasteiger partial charge in [0.1, 0.15) is 11.6 Å². The zero-order valence-corrected chi connectivity index (χ0v) is 12.2. The van der Waals surface area contributed by atoms with Crippen LogP contribution in [-0.4, -0.2) is 13.7 Å². The Balaban J connectivity index is 1.62. The fourth-order valence-corrected chi connectivity index (χ4v) is 3.11. The fourth-order valence-electron chi connectivity index (χ4n) is 3.11. The van der Waals surface area contributed by atoms with Gasteiger partial charge >= 0.3 is 0 Å². The molecular formula is C18H20FNO. The van der Waals surface area contributed by atoms with Crippen LogP contribution in [0.2, 0.25) is 0 Å². The second-order valence-corrected chi connectivity index (χ2v) is 5.41. The van der Waals surface area contributed by atoms with E-state index in [-0.39, 0.29) is 11.9 Å². The second kappa shape index (κ2) is 6.27. The Kier molecular flexibility index (Phi) is 4.20. The van der Waals surface area contributed by atoms with Gasteiger partial charge in [0, 0.05) is 6.04 Å². The Hall–Kier alpha value is -1.87. The van der Waals surface area contributed by atoms with Crippen LogP contribution in [-0.2, 0) is 12.8 Å². The van der Waals surface area contributed by atoms with E-state index < -0.39 is 0 Å². The zero-order chi connectivity index (χ0) is 14.7. The molecule has 0 spiro atoms. The summed E-state index contributed by atoms with van der Waals surface area (Å²) in [6.07, 6.45) is 2.71. The summed E-state index contributed by atoms with van der Waals surface area (Å²) < 4.78 is 19.1. The van der Waals surface area contributed by atoms with Crippen LogP contribution < -0.4 is 10.1 Å². The first-order valence-corrected chi connectivity index (χ1v) is 7.42. The predicted octanol–water partition coefficient (Wildman–Crippen LogP) is 3.65. The van der Waals surface area contributed by atoms with E-state index in [1.807, 2.05) is 24.3 Å². The molecule has 0 heterocycles. The largest absolute Gasteiger partial charge is 0.496 e. The predicted molar refractivity (Wildman–Crippen MR) is 82.2 cm³/mol. The van der Waals surface area contributed by atoms with Gasteiger partial charge in [-0.3, -0.25) is 0 Å². The molecule has 1 N–H and O–H groups in total. The van der Waals surface area contributed by atoms with Gasteiger partial charge in [0.25, 0.3) is 0 Å². The van der Waals surface area contributed by atoms with E-state index in [0.29, 0.717) is 0 Å². The number of methoxy groups -OCH3 is 1. The van der Waals surface area contributed by atoms with Crippen LogP contribution in [0.4, 0.5) is 4.39 Å². The van der Waals surface area contributed by atoms with Crippen molar-refractivity contribution < 1.29 is 9.13 Å². The Morgan fingerprint density at radius 2 is 2.05 bits per heavy atom. The van der Waals surface area contributed by atoms with Crippen molar-refractivity contribution in [2.75, 3.05) is 13.7 Å². The fraction of sp³-hybridized carbons (Fsp3) is 0.333. The highest BCUT2D eigenvalue weighted by atomic mass is 19.1. The van der Waals surface area contributed by atoms with Crippen molar-refractivity contribution in [3.8, 4) is 5.75 Å². The lowest BCUT2D eigenvalue weighted by Gasteiger charge is -2.15. The molecular weight excluding hydrogens is 265 g/mol. The SMILES string of the molecule is COc1ccccc1CCNC1CCc2c(F)cccc21. The molecule has 0 fully saturated rings. The molecule has 0 saturated carbocycles. The number of halogens is 1. The number of fused-ring (bicyclic) bond motifs is 1. The maximum atomic E-state index is 13.7. The van der Waals surface area contributed by atoms with E-state index in [1.54, 1.807) is 19.2 Å². The summed E-state index contributed by atoms with van der Waals surface area (Å²) >= 11 is 0. The lowest BCUT2D eigenvalue weighted by molar-refractivity contribution is 0.408. The minimum atomic E-state index is -0.0680. The highest BCUT2D eigenvalue weighted by Crippen LogP contribution is 2.32. The van der Waals surface area contributed by atoms with Crippen molar-refractivity contribution in [2.45, 2.75) is 25.3 Å². The molecule has 0 aromatic heterocycles. The van der Waals surface area contributed by atoms with E-state index in [1.165, 1.54) is 5.56 Å². The maximum Gasteiger partial charge on any atom is 0.126 e. The van der Waals surface area contributed by atoms with Crippen LogP contribution >= 0.6 is 0 Å². The van der Waals surface area contributed by atoms with Crippen LogP contribution in [0, 0.1) is 5.82 Å². The molecule has 0 aliphatic heterocycles. The number of nitrogens with one attached hydrogen (secondary N) is 1. The molecule has 110 valence electrons. The van der Waals surface area contributed by atoms with Crippen molar-refractivity contribution in [3.05, 3.63) is 65.0 Å². The van der Waals surface area contributed by atoms with Gasteiger partial charge in [-0.2, -0.15) is 0 Å². The van der Waals surface area contributed by atoms with Gasteiger partial charge in [-0.15, -0.1) is 0 Å². The summed E-state index contributed by atoms with van der Waals surface area (Å²) in [7, 11) is 1.70. The first-order valence-electron chi connectivity index (χ1n) is 7.42. The molecule has 0 radical (unpaired) electrons. The number of para-hydroxylation sites is 1. The van der Waals surface area contributed by atoms with Gasteiger partial charge in [0.15, 0.2) is 0 Å². The van der Waals surface area contributed by atoms with Gasteiger partial charge in [-0.25, -0.2) is 4.39 Å². The van der Waals surface area contributed by atoms with E-state index in [2.05, 4.69) is 11.4 Å². The zero-order valence-electron chi connectivity index (χ0n) is 12.2. The molecule has 1 unspecified atom stereocenters. The monoisotopic (exact) mass is 285 g/mol. The number of rotatable bonds is 5. The molecule has 21 heavy (non-hydrogen) atoms. The number of hydrogen-bond donors (Lipinski definition) is 1. The van der Waals surface area contributed by atoms with Crippen molar-refractivity contribution in [2.24, 2.45) is 0 Å². The number of benzene rings is 2. The first-order chi connectivity index (χ1) is 10.3. The topological polar surface area (TPSA) is 21.3 Å². The van der Waals surface area contributed by atoms with Crippen molar-refractivity contribution in [3.63, 3.8) is 0 Å². The standard InChI is InChI=1S/C18H20FNO/c1-21-18-8-3-2-5-13(18)11-12-20-17-10-9-14-15(17)6-4-7-16(14)19/h2-8,17,20H,9-12H2,1H3. The average Bonchev–Trinajstić information content (AvgIpc) is 2.93. The molecule has 2 aromatic carbocycles. The van der Waals surface area contributed by atoms with E-state index >= 15 is 0 Å². The first kappa shape index (κ1) is 14.1. The van der Waals surface area contributed by atoms with Gasteiger partial charge in [0.05, 0.1) is 7.11 Å². The third kappa shape index (κ3) is 2.93. The molecule has 1 atom stereocenters. The third-order valence-corrected chi connectivity index (χ3v) is 4.19. The molecule has 1 aliphatic carbocycles. The molecule has 2 aromatic rings. The van der Waals surface area contributed by atoms with Crippen molar-refractivity contribution in [1.29, 1.82) is 0 Å². The highest BCUT2D eigenvalue weighted by molar-refractivity contribution is 5.36. The normalized spacial score (nSPS) is 16.8. The Labute approximate surface area is 125 Å². The van der Waals surface area contributed by atoms with Crippen LogP contribution in [0.5, 0.6) is 5.75 Å². The molecule has 2 nitrogen and oxygen atoms in total. The lowest BCUT2D eigenvalue weighted by atomic mass is 10.1. The van der Waals surface area contributed by atoms with Gasteiger partial charge < -0.3 is 10.1 Å². The molecule has 0 amide bonds. The van der Waals surface area contributed by atoms with E-state index in [4.69, 9.17) is 4.74 Å². The summed E-state index contributed by atoms with van der Waals surface area (Å²) in [5.74, 6) is 0.860. The van der Waals surface area contributed by atoms with Crippen LogP contribution in [0.3, 0.4) is 0 Å². The summed E-state index contributed by atoms with van der Waals surface area (Å²) in [5, 5.41) is 3.54. The summed E-state index contributed by atoms with van der Waals surface area (Å²) in [6, 6.07) is 13.7. The quantitative estimate of drug-likeness (QED) is 0.905. The van der Waals surface area contributed by atoms with Gasteiger partial charge in [-0.05, 0) is 54.6 Å². The average molecular weight is 285 g/mol. The molecule has 3 rings (SSSR count). The van der Waals surface area contributed by atoms with Gasteiger partial charge in [-0.1, -0.05) is 30.3 Å². The van der Waals surface area contributed by atoms with Crippen molar-refractivity contribution in [1.82, 2.24) is 5.32 Å². The second-order valence-electron chi connectivity index (χ2n) is 5.41. The molecule has 3 heteroatoms. The highest BCUT2D eigenvalue weighted by Gasteiger charge is 2.24. The van der Waals surface area contributed by atoms with Crippen molar-refractivity contribution >= 4 is 0 Å². The lowest BCUT2D eigenvalue weighted by Crippen LogP contribution is -2.22. The van der Waals surface area contributed by atoms with Crippen LogP contribution in [0.1, 0.15) is 29.2 Å². The maximum absolute atomic E-state index is 13.7. The molecule has 1 aliphatic rings. The third-order valence-electron chi connectivity index (χ3n) is 4.19. The number of hydrogen-bond acceptors (Lipinski definition) is 2. The smallest absolute Gasteiger partial charge is 0.126 e. The summed E-state index contributed by atoms with van der Waals surface area (Å²) in [4.78, 5) is 0. The van der Waals surface area contributed by atoms with E-state index in [0.717, 1.165) is 42.7 Å². The Morgan fingerprint density at radius 3 is 2.90 bits per heavy atom. The molecule has 0 bridgehead atoms. The van der Waals surface area contributed by atoms with Crippen LogP contribution in [0.25, 0.3) is 0 Å².